The maximum Gasteiger partial charge on any atom is 0.412 e. The number of nitrogens with zero attached hydrogens (tertiary/aromatic N) is 2. The Hall–Kier alpha value is -2.97. The smallest absolute Gasteiger partial charge is 0.412 e. The van der Waals surface area contributed by atoms with Crippen LogP contribution in [0.15, 0.2) is 24.5 Å². The highest BCUT2D eigenvalue weighted by molar-refractivity contribution is 7.87. The summed E-state index contributed by atoms with van der Waals surface area (Å²) in [4.78, 5) is 53.5. The van der Waals surface area contributed by atoms with Crippen molar-refractivity contribution in [3.63, 3.8) is 0 Å². The first-order valence-electron chi connectivity index (χ1n) is 12.6. The summed E-state index contributed by atoms with van der Waals surface area (Å²) in [5.74, 6) is -2.42. The number of nitrogens with one attached hydrogen (secondary N) is 3. The van der Waals surface area contributed by atoms with Crippen LogP contribution >= 0.6 is 0 Å². The van der Waals surface area contributed by atoms with Crippen LogP contribution in [0.1, 0.15) is 51.9 Å². The number of alkyl carbamates (subject to hydrolysis) is 1. The molecule has 2 aliphatic heterocycles. The summed E-state index contributed by atoms with van der Waals surface area (Å²) in [6, 6.07) is -2.12. The molecule has 2 fully saturated rings. The zero-order valence-corrected chi connectivity index (χ0v) is 22.8. The van der Waals surface area contributed by atoms with Gasteiger partial charge in [0.25, 0.3) is 5.91 Å². The summed E-state index contributed by atoms with van der Waals surface area (Å²) in [5.41, 5.74) is -1.51. The van der Waals surface area contributed by atoms with Crippen LogP contribution in [0.25, 0.3) is 0 Å². The molecule has 2 heterocycles. The second-order valence-corrected chi connectivity index (χ2v) is 12.1. The normalized spacial score (nSPS) is 31.1. The van der Waals surface area contributed by atoms with E-state index in [2.05, 4.69) is 17.2 Å². The van der Waals surface area contributed by atoms with Crippen LogP contribution in [0.3, 0.4) is 0 Å². The minimum absolute atomic E-state index is 0.0747. The van der Waals surface area contributed by atoms with E-state index in [0.717, 1.165) is 17.1 Å². The van der Waals surface area contributed by atoms with Crippen molar-refractivity contribution in [2.75, 3.05) is 20.6 Å². The molecule has 0 radical (unpaired) electrons. The van der Waals surface area contributed by atoms with Gasteiger partial charge in [-0.25, -0.2) is 9.52 Å². The van der Waals surface area contributed by atoms with Gasteiger partial charge in [-0.1, -0.05) is 31.6 Å². The highest BCUT2D eigenvalue weighted by atomic mass is 32.2. The second-order valence-electron chi connectivity index (χ2n) is 10.2. The van der Waals surface area contributed by atoms with E-state index < -0.39 is 63.7 Å². The Balaban J connectivity index is 1.88. The van der Waals surface area contributed by atoms with E-state index >= 15 is 0 Å². The molecule has 14 heteroatoms. The van der Waals surface area contributed by atoms with E-state index in [1.165, 1.54) is 25.9 Å². The number of hydrogen-bond acceptors (Lipinski definition) is 8. The van der Waals surface area contributed by atoms with Gasteiger partial charge in [-0.05, 0) is 32.6 Å². The van der Waals surface area contributed by atoms with Gasteiger partial charge in [-0.3, -0.25) is 14.4 Å². The molecule has 3 aliphatic rings. The molecule has 0 unspecified atom stereocenters. The number of aliphatic hydroxyl groups is 1. The minimum atomic E-state index is -4.11. The Morgan fingerprint density at radius 1 is 1.26 bits per heavy atom. The molecular weight excluding hydrogens is 518 g/mol. The Labute approximate surface area is 222 Å². The van der Waals surface area contributed by atoms with Crippen LogP contribution in [-0.4, -0.2) is 90.9 Å². The molecule has 1 saturated heterocycles. The average molecular weight is 556 g/mol. The molecule has 0 aromatic carbocycles. The van der Waals surface area contributed by atoms with Crippen molar-refractivity contribution >= 4 is 34.0 Å². The molecule has 5 atom stereocenters. The number of amides is 4. The standard InChI is InChI=1S/C24H37N5O8S/c1-15(2)37-23(34)25-18-11-9-7-5-6-8-10-16-13-24(16,22(33)27-38(35,36)28(3)4)26-20(31)19-12-17(30)14-29(19)21(18)32/h8,10,16-19,30H,1,5-7,9,11-14H2,2-4H3,(H,25,34)(H,26,31)(H,27,33)/b10-8-/t16-,17-,18+,19+,24-/m1/s1. The second kappa shape index (κ2) is 11.8. The van der Waals surface area contributed by atoms with Gasteiger partial charge in [-0.15, -0.1) is 0 Å². The predicted molar refractivity (Wildman–Crippen MR) is 136 cm³/mol. The number of allylic oxidation sites excluding steroid dienone is 2. The van der Waals surface area contributed by atoms with Crippen molar-refractivity contribution < 1.29 is 37.4 Å². The van der Waals surface area contributed by atoms with Gasteiger partial charge in [-0.2, -0.15) is 12.7 Å². The quantitative estimate of drug-likeness (QED) is 0.269. The number of hydrogen-bond donors (Lipinski definition) is 4. The molecule has 1 aliphatic carbocycles. The first-order valence-corrected chi connectivity index (χ1v) is 14.1. The van der Waals surface area contributed by atoms with Crippen molar-refractivity contribution in [1.82, 2.24) is 24.6 Å². The van der Waals surface area contributed by atoms with Crippen LogP contribution in [-0.2, 0) is 29.3 Å². The van der Waals surface area contributed by atoms with E-state index in [4.69, 9.17) is 4.74 Å². The molecule has 0 spiro atoms. The van der Waals surface area contributed by atoms with E-state index in [0.29, 0.717) is 19.3 Å². The van der Waals surface area contributed by atoms with Gasteiger partial charge < -0.3 is 25.4 Å². The van der Waals surface area contributed by atoms with Crippen molar-refractivity contribution in [2.45, 2.75) is 75.6 Å². The van der Waals surface area contributed by atoms with Gasteiger partial charge in [0.1, 0.15) is 17.6 Å². The Morgan fingerprint density at radius 2 is 1.97 bits per heavy atom. The van der Waals surface area contributed by atoms with Gasteiger partial charge >= 0.3 is 16.3 Å². The van der Waals surface area contributed by atoms with Crippen LogP contribution in [0.5, 0.6) is 0 Å². The third-order valence-electron chi connectivity index (χ3n) is 6.92. The summed E-state index contributed by atoms with van der Waals surface area (Å²) in [6.45, 7) is 4.86. The molecule has 13 nitrogen and oxygen atoms in total. The summed E-state index contributed by atoms with van der Waals surface area (Å²) >= 11 is 0. The Bertz CT molecular complexity index is 1110. The maximum atomic E-state index is 13.5. The molecule has 0 bridgehead atoms. The van der Waals surface area contributed by atoms with Crippen molar-refractivity contribution in [2.24, 2.45) is 5.92 Å². The van der Waals surface area contributed by atoms with E-state index in [-0.39, 0.29) is 25.1 Å². The zero-order chi connectivity index (χ0) is 28.3. The summed E-state index contributed by atoms with van der Waals surface area (Å²) in [5, 5.41) is 15.6. The number of fused-ring (bicyclic) bond motifs is 2. The Kier molecular flexibility index (Phi) is 9.21. The van der Waals surface area contributed by atoms with Crippen LogP contribution in [0.4, 0.5) is 4.79 Å². The lowest BCUT2D eigenvalue weighted by molar-refractivity contribution is -0.141. The highest BCUT2D eigenvalue weighted by Crippen LogP contribution is 2.45. The van der Waals surface area contributed by atoms with Crippen LogP contribution < -0.4 is 15.4 Å². The fraction of sp³-hybridized carbons (Fsp3) is 0.667. The van der Waals surface area contributed by atoms with Crippen molar-refractivity contribution in [3.05, 3.63) is 24.5 Å². The molecule has 4 N–H and O–H groups in total. The van der Waals surface area contributed by atoms with Crippen molar-refractivity contribution in [1.29, 1.82) is 0 Å². The summed E-state index contributed by atoms with van der Waals surface area (Å²) in [6.07, 6.45) is 5.09. The maximum absolute atomic E-state index is 13.5. The summed E-state index contributed by atoms with van der Waals surface area (Å²) < 4.78 is 32.4. The van der Waals surface area contributed by atoms with Gasteiger partial charge in [0.2, 0.25) is 11.8 Å². The molecule has 3 rings (SSSR count). The molecule has 212 valence electrons. The fourth-order valence-corrected chi connectivity index (χ4v) is 5.32. The number of aliphatic hydroxyl groups excluding tert-OH is 1. The first kappa shape index (κ1) is 29.6. The monoisotopic (exact) mass is 555 g/mol. The molecule has 4 amide bonds. The number of rotatable bonds is 5. The highest BCUT2D eigenvalue weighted by Gasteiger charge is 2.61. The fourth-order valence-electron chi connectivity index (χ4n) is 4.73. The first-order chi connectivity index (χ1) is 17.8. The lowest BCUT2D eigenvalue weighted by Gasteiger charge is -2.29. The summed E-state index contributed by atoms with van der Waals surface area (Å²) in [7, 11) is -1.57. The third kappa shape index (κ3) is 6.91. The van der Waals surface area contributed by atoms with Gasteiger partial charge in [0, 0.05) is 33.0 Å². The zero-order valence-electron chi connectivity index (χ0n) is 21.9. The topological polar surface area (TPSA) is 174 Å². The molecular formula is C24H37N5O8S. The predicted octanol–water partition coefficient (Wildman–Crippen LogP) is -0.106. The van der Waals surface area contributed by atoms with Gasteiger partial charge in [0.05, 0.1) is 11.9 Å². The van der Waals surface area contributed by atoms with Crippen LogP contribution in [0.2, 0.25) is 0 Å². The molecule has 0 aromatic rings. The van der Waals surface area contributed by atoms with E-state index in [9.17, 15) is 32.7 Å². The Morgan fingerprint density at radius 3 is 2.63 bits per heavy atom. The lowest BCUT2D eigenvalue weighted by atomic mass is 10.1. The van der Waals surface area contributed by atoms with Crippen LogP contribution in [0, 0.1) is 5.92 Å². The molecule has 38 heavy (non-hydrogen) atoms. The SMILES string of the molecule is C=C(C)OC(=O)N[C@H]1CCCCC/C=C\[C@@H]2C[C@@]2(C(=O)NS(=O)(=O)N(C)C)NC(=O)[C@@H]2C[C@@H](O)CN2C1=O. The number of ether oxygens (including phenoxy) is 1. The lowest BCUT2D eigenvalue weighted by Crippen LogP contribution is -2.58. The minimum Gasteiger partial charge on any atom is -0.416 e. The molecule has 0 aromatic heterocycles. The number of carbonyl (C=O) groups excluding carboxylic acids is 4. The number of carbonyl (C=O) groups is 4. The van der Waals surface area contributed by atoms with E-state index in [1.807, 2.05) is 10.8 Å². The van der Waals surface area contributed by atoms with Crippen molar-refractivity contribution in [3.8, 4) is 0 Å². The largest absolute Gasteiger partial charge is 0.416 e. The molecule has 1 saturated carbocycles. The third-order valence-corrected chi connectivity index (χ3v) is 8.33. The van der Waals surface area contributed by atoms with E-state index in [1.54, 1.807) is 6.08 Å². The average Bonchev–Trinajstić information content (AvgIpc) is 3.36. The van der Waals surface area contributed by atoms with Gasteiger partial charge in [0.15, 0.2) is 0 Å².